The lowest BCUT2D eigenvalue weighted by atomic mass is 10.2. The second kappa shape index (κ2) is 6.67. The van der Waals surface area contributed by atoms with Gasteiger partial charge in [0.05, 0.1) is 6.42 Å². The minimum absolute atomic E-state index is 0.00952. The zero-order chi connectivity index (χ0) is 14.4. The van der Waals surface area contributed by atoms with Gasteiger partial charge in [-0.15, -0.1) is 0 Å². The minimum Gasteiger partial charge on any atom is -0.481 e. The molecule has 0 saturated carbocycles. The van der Waals surface area contributed by atoms with E-state index >= 15 is 0 Å². The molecule has 0 spiro atoms. The second-order valence-corrected chi connectivity index (χ2v) is 3.97. The number of amides is 2. The molecule has 0 aliphatic carbocycles. The molecular weight excluding hydrogens is 258 g/mol. The number of nitrogens with one attached hydrogen (secondary N) is 1. The summed E-state index contributed by atoms with van der Waals surface area (Å²) in [5.41, 5.74) is 0.178. The molecule has 19 heavy (non-hydrogen) atoms. The van der Waals surface area contributed by atoms with Crippen LogP contribution in [0.3, 0.4) is 0 Å². The van der Waals surface area contributed by atoms with Crippen LogP contribution < -0.4 is 5.32 Å². The van der Waals surface area contributed by atoms with Gasteiger partial charge >= 0.3 is 12.0 Å². The summed E-state index contributed by atoms with van der Waals surface area (Å²) < 4.78 is 26.1. The van der Waals surface area contributed by atoms with E-state index in [9.17, 15) is 18.4 Å². The lowest BCUT2D eigenvalue weighted by Crippen LogP contribution is -2.37. The third-order valence-corrected chi connectivity index (χ3v) is 2.38. The van der Waals surface area contributed by atoms with Crippen LogP contribution in [0.4, 0.5) is 13.6 Å². The Balaban J connectivity index is 2.51. The maximum absolute atomic E-state index is 13.4. The number of urea groups is 1. The van der Waals surface area contributed by atoms with Crippen LogP contribution in [0.2, 0.25) is 0 Å². The smallest absolute Gasteiger partial charge is 0.317 e. The van der Waals surface area contributed by atoms with Gasteiger partial charge in [-0.2, -0.15) is 0 Å². The largest absolute Gasteiger partial charge is 0.481 e. The summed E-state index contributed by atoms with van der Waals surface area (Å²) in [7, 11) is 1.43. The van der Waals surface area contributed by atoms with Crippen molar-refractivity contribution in [2.75, 3.05) is 13.6 Å². The number of carboxylic acid groups (broad SMARTS) is 1. The molecule has 0 fully saturated rings. The summed E-state index contributed by atoms with van der Waals surface area (Å²) in [4.78, 5) is 23.0. The van der Waals surface area contributed by atoms with E-state index in [-0.39, 0.29) is 25.1 Å². The predicted molar refractivity (Wildman–Crippen MR) is 63.5 cm³/mol. The maximum Gasteiger partial charge on any atom is 0.317 e. The van der Waals surface area contributed by atoms with Crippen molar-refractivity contribution in [1.29, 1.82) is 0 Å². The predicted octanol–water partition coefficient (Wildman–Crippen LogP) is 1.58. The summed E-state index contributed by atoms with van der Waals surface area (Å²) in [5, 5.41) is 10.8. The van der Waals surface area contributed by atoms with Gasteiger partial charge in [0.15, 0.2) is 0 Å². The highest BCUT2D eigenvalue weighted by atomic mass is 19.1. The first-order valence-electron chi connectivity index (χ1n) is 5.55. The van der Waals surface area contributed by atoms with Crippen molar-refractivity contribution in [3.05, 3.63) is 35.4 Å². The molecule has 1 rings (SSSR count). The van der Waals surface area contributed by atoms with Crippen LogP contribution in [-0.4, -0.2) is 35.6 Å². The Morgan fingerprint density at radius 3 is 2.63 bits per heavy atom. The lowest BCUT2D eigenvalue weighted by Gasteiger charge is -2.18. The first kappa shape index (κ1) is 14.9. The van der Waals surface area contributed by atoms with E-state index < -0.39 is 23.6 Å². The van der Waals surface area contributed by atoms with E-state index in [2.05, 4.69) is 5.32 Å². The van der Waals surface area contributed by atoms with Crippen LogP contribution >= 0.6 is 0 Å². The number of hydrogen-bond donors (Lipinski definition) is 2. The first-order chi connectivity index (χ1) is 8.90. The van der Waals surface area contributed by atoms with Crippen LogP contribution in [0.1, 0.15) is 12.0 Å². The molecular formula is C12H14F2N2O3. The van der Waals surface area contributed by atoms with Crippen LogP contribution in [0.25, 0.3) is 0 Å². The molecule has 5 nitrogen and oxygen atoms in total. The Morgan fingerprint density at radius 1 is 1.37 bits per heavy atom. The fourth-order valence-corrected chi connectivity index (χ4v) is 1.39. The Kier molecular flexibility index (Phi) is 5.23. The summed E-state index contributed by atoms with van der Waals surface area (Å²) in [5.74, 6) is -2.44. The molecule has 104 valence electrons. The molecule has 2 N–H and O–H groups in total. The third kappa shape index (κ3) is 4.90. The Bertz CT molecular complexity index is 480. The fourth-order valence-electron chi connectivity index (χ4n) is 1.39. The van der Waals surface area contributed by atoms with Gasteiger partial charge in [-0.3, -0.25) is 4.79 Å². The standard InChI is InChI=1S/C12H14F2N2O3/c1-16(12(19)15-5-4-11(17)18)7-8-2-3-9(13)6-10(8)14/h2-3,6H,4-5,7H2,1H3,(H,15,19)(H,17,18). The lowest BCUT2D eigenvalue weighted by molar-refractivity contribution is -0.136. The van der Waals surface area contributed by atoms with Gasteiger partial charge in [0.1, 0.15) is 11.6 Å². The number of nitrogens with zero attached hydrogens (tertiary/aromatic N) is 1. The van der Waals surface area contributed by atoms with Gasteiger partial charge in [-0.25, -0.2) is 13.6 Å². The quantitative estimate of drug-likeness (QED) is 0.855. The van der Waals surface area contributed by atoms with Crippen LogP contribution in [0.5, 0.6) is 0 Å². The molecule has 0 unspecified atom stereocenters. The molecule has 0 bridgehead atoms. The fraction of sp³-hybridized carbons (Fsp3) is 0.333. The van der Waals surface area contributed by atoms with Gasteiger partial charge in [0.25, 0.3) is 0 Å². The van der Waals surface area contributed by atoms with E-state index in [1.165, 1.54) is 18.0 Å². The molecule has 0 aliphatic rings. The van der Waals surface area contributed by atoms with Crippen molar-refractivity contribution < 1.29 is 23.5 Å². The molecule has 0 heterocycles. The Morgan fingerprint density at radius 2 is 2.05 bits per heavy atom. The molecule has 0 aromatic heterocycles. The summed E-state index contributed by atoms with van der Waals surface area (Å²) >= 11 is 0. The summed E-state index contributed by atoms with van der Waals surface area (Å²) in [6, 6.07) is 2.58. The van der Waals surface area contributed by atoms with Crippen molar-refractivity contribution in [2.45, 2.75) is 13.0 Å². The second-order valence-electron chi connectivity index (χ2n) is 3.97. The van der Waals surface area contributed by atoms with Crippen molar-refractivity contribution in [3.63, 3.8) is 0 Å². The SMILES string of the molecule is CN(Cc1ccc(F)cc1F)C(=O)NCCC(=O)O. The van der Waals surface area contributed by atoms with E-state index in [1.54, 1.807) is 0 Å². The van der Waals surface area contributed by atoms with Gasteiger partial charge in [-0.1, -0.05) is 6.07 Å². The van der Waals surface area contributed by atoms with Crippen LogP contribution in [-0.2, 0) is 11.3 Å². The number of aliphatic carboxylic acids is 1. The highest BCUT2D eigenvalue weighted by Gasteiger charge is 2.12. The molecule has 0 radical (unpaired) electrons. The highest BCUT2D eigenvalue weighted by molar-refractivity contribution is 5.75. The zero-order valence-electron chi connectivity index (χ0n) is 10.3. The molecule has 2 amide bonds. The van der Waals surface area contributed by atoms with Crippen molar-refractivity contribution in [1.82, 2.24) is 10.2 Å². The van der Waals surface area contributed by atoms with Crippen molar-refractivity contribution in [2.24, 2.45) is 0 Å². The number of carboxylic acids is 1. The molecule has 0 saturated heterocycles. The van der Waals surface area contributed by atoms with E-state index in [0.717, 1.165) is 12.1 Å². The minimum atomic E-state index is -1.02. The van der Waals surface area contributed by atoms with Gasteiger partial charge < -0.3 is 15.3 Å². The molecule has 0 aliphatic heterocycles. The average molecular weight is 272 g/mol. The van der Waals surface area contributed by atoms with Gasteiger partial charge in [0, 0.05) is 31.8 Å². The number of hydrogen-bond acceptors (Lipinski definition) is 2. The van der Waals surface area contributed by atoms with Crippen molar-refractivity contribution >= 4 is 12.0 Å². The Hall–Kier alpha value is -2.18. The number of carbonyl (C=O) groups is 2. The van der Waals surface area contributed by atoms with E-state index in [0.29, 0.717) is 0 Å². The van der Waals surface area contributed by atoms with Crippen molar-refractivity contribution in [3.8, 4) is 0 Å². The maximum atomic E-state index is 13.4. The number of rotatable bonds is 5. The third-order valence-electron chi connectivity index (χ3n) is 2.38. The first-order valence-corrected chi connectivity index (χ1v) is 5.55. The Labute approximate surface area is 108 Å². The monoisotopic (exact) mass is 272 g/mol. The van der Waals surface area contributed by atoms with E-state index in [1.807, 2.05) is 0 Å². The summed E-state index contributed by atoms with van der Waals surface area (Å²) in [6.45, 7) is -0.0462. The number of benzene rings is 1. The molecule has 0 atom stereocenters. The topological polar surface area (TPSA) is 69.6 Å². The zero-order valence-corrected chi connectivity index (χ0v) is 10.3. The molecule has 7 heteroatoms. The van der Waals surface area contributed by atoms with Gasteiger partial charge in [-0.05, 0) is 6.07 Å². The van der Waals surface area contributed by atoms with Crippen LogP contribution in [0.15, 0.2) is 18.2 Å². The molecule has 1 aromatic rings. The number of halogens is 2. The summed E-state index contributed by atoms with van der Waals surface area (Å²) in [6.07, 6.45) is -0.190. The normalized spacial score (nSPS) is 10.1. The number of carbonyl (C=O) groups excluding carboxylic acids is 1. The van der Waals surface area contributed by atoms with E-state index in [4.69, 9.17) is 5.11 Å². The van der Waals surface area contributed by atoms with Gasteiger partial charge in [0.2, 0.25) is 0 Å². The average Bonchev–Trinajstić information content (AvgIpc) is 2.32. The molecule has 1 aromatic carbocycles. The highest BCUT2D eigenvalue weighted by Crippen LogP contribution is 2.11. The van der Waals surface area contributed by atoms with Crippen LogP contribution in [0, 0.1) is 11.6 Å².